The van der Waals surface area contributed by atoms with Crippen molar-refractivity contribution in [1.29, 1.82) is 0 Å². The number of amides is 2. The fourth-order valence-corrected chi connectivity index (χ4v) is 3.94. The number of fused-ring (bicyclic) bond motifs is 1. The lowest BCUT2D eigenvalue weighted by Crippen LogP contribution is -2.51. The zero-order valence-electron chi connectivity index (χ0n) is 14.0. The molecular weight excluding hydrogens is 296 g/mol. The lowest BCUT2D eigenvalue weighted by atomic mass is 9.73. The molecule has 0 bridgehead atoms. The van der Waals surface area contributed by atoms with E-state index in [2.05, 4.69) is 4.98 Å². The van der Waals surface area contributed by atoms with Gasteiger partial charge in [-0.05, 0) is 6.42 Å². The average Bonchev–Trinajstić information content (AvgIpc) is 3.10. The van der Waals surface area contributed by atoms with Gasteiger partial charge in [0.25, 0.3) is 5.91 Å². The van der Waals surface area contributed by atoms with Crippen molar-refractivity contribution in [3.05, 3.63) is 18.2 Å². The standard InChI is InChI=1S/C16H24N4O3/c1-12(21)20-9-13-8-19(6-4-16(13,10-20)11-23-3)15(22)14-17-5-7-18(14)2/h5,7,13H,4,6,8-11H2,1-3H3/t13-,16+/m1/s1. The highest BCUT2D eigenvalue weighted by molar-refractivity contribution is 5.91. The summed E-state index contributed by atoms with van der Waals surface area (Å²) >= 11 is 0. The van der Waals surface area contributed by atoms with Crippen molar-refractivity contribution in [2.24, 2.45) is 18.4 Å². The highest BCUT2D eigenvalue weighted by atomic mass is 16.5. The third kappa shape index (κ3) is 2.73. The fourth-order valence-electron chi connectivity index (χ4n) is 3.94. The van der Waals surface area contributed by atoms with E-state index < -0.39 is 0 Å². The number of rotatable bonds is 3. The molecule has 7 heteroatoms. The maximum Gasteiger partial charge on any atom is 0.289 e. The van der Waals surface area contributed by atoms with Gasteiger partial charge in [-0.1, -0.05) is 0 Å². The minimum atomic E-state index is -0.0372. The SMILES string of the molecule is COC[C@@]12CCN(C(=O)c3nccn3C)C[C@@H]1CN(C(C)=O)C2. The van der Waals surface area contributed by atoms with Gasteiger partial charge >= 0.3 is 0 Å². The molecule has 0 saturated carbocycles. The molecule has 126 valence electrons. The van der Waals surface area contributed by atoms with Crippen LogP contribution in [-0.4, -0.2) is 71.1 Å². The smallest absolute Gasteiger partial charge is 0.289 e. The second-order valence-electron chi connectivity index (χ2n) is 6.75. The van der Waals surface area contributed by atoms with E-state index in [1.807, 2.05) is 16.8 Å². The molecule has 1 aromatic rings. The van der Waals surface area contributed by atoms with E-state index in [4.69, 9.17) is 4.74 Å². The number of imidazole rings is 1. The van der Waals surface area contributed by atoms with Crippen LogP contribution in [0.1, 0.15) is 24.0 Å². The molecule has 2 atom stereocenters. The number of nitrogens with zero attached hydrogens (tertiary/aromatic N) is 4. The van der Waals surface area contributed by atoms with Crippen molar-refractivity contribution in [3.8, 4) is 0 Å². The second kappa shape index (κ2) is 5.96. The third-order valence-electron chi connectivity index (χ3n) is 5.31. The zero-order valence-corrected chi connectivity index (χ0v) is 14.0. The Hall–Kier alpha value is -1.89. The minimum absolute atomic E-state index is 0.0289. The summed E-state index contributed by atoms with van der Waals surface area (Å²) in [5.74, 6) is 0.775. The summed E-state index contributed by atoms with van der Waals surface area (Å²) in [6.45, 7) is 4.99. The van der Waals surface area contributed by atoms with E-state index in [0.717, 1.165) is 13.0 Å². The molecular formula is C16H24N4O3. The topological polar surface area (TPSA) is 67.7 Å². The number of methoxy groups -OCH3 is 1. The van der Waals surface area contributed by atoms with E-state index in [-0.39, 0.29) is 23.1 Å². The van der Waals surface area contributed by atoms with Crippen LogP contribution in [0.3, 0.4) is 0 Å². The minimum Gasteiger partial charge on any atom is -0.384 e. The number of carbonyl (C=O) groups excluding carboxylic acids is 2. The molecule has 2 aliphatic rings. The Morgan fingerprint density at radius 3 is 2.74 bits per heavy atom. The van der Waals surface area contributed by atoms with Crippen LogP contribution in [0.5, 0.6) is 0 Å². The number of hydrogen-bond donors (Lipinski definition) is 0. The molecule has 0 spiro atoms. The number of piperidine rings is 1. The van der Waals surface area contributed by atoms with E-state index in [9.17, 15) is 9.59 Å². The molecule has 23 heavy (non-hydrogen) atoms. The van der Waals surface area contributed by atoms with Crippen LogP contribution in [0.25, 0.3) is 0 Å². The van der Waals surface area contributed by atoms with Crippen molar-refractivity contribution < 1.29 is 14.3 Å². The van der Waals surface area contributed by atoms with Crippen molar-refractivity contribution in [1.82, 2.24) is 19.4 Å². The number of aromatic nitrogens is 2. The molecule has 3 heterocycles. The Labute approximate surface area is 136 Å². The first-order valence-corrected chi connectivity index (χ1v) is 7.98. The van der Waals surface area contributed by atoms with Crippen molar-refractivity contribution in [2.45, 2.75) is 13.3 Å². The molecule has 0 aromatic carbocycles. The van der Waals surface area contributed by atoms with Crippen LogP contribution in [-0.2, 0) is 16.6 Å². The molecule has 0 N–H and O–H groups in total. The van der Waals surface area contributed by atoms with Crippen molar-refractivity contribution in [3.63, 3.8) is 0 Å². The van der Waals surface area contributed by atoms with Crippen LogP contribution in [0, 0.1) is 11.3 Å². The van der Waals surface area contributed by atoms with Crippen LogP contribution in [0.2, 0.25) is 0 Å². The second-order valence-corrected chi connectivity index (χ2v) is 6.75. The average molecular weight is 320 g/mol. The Morgan fingerprint density at radius 1 is 1.39 bits per heavy atom. The van der Waals surface area contributed by atoms with Crippen LogP contribution >= 0.6 is 0 Å². The van der Waals surface area contributed by atoms with Gasteiger partial charge in [-0.15, -0.1) is 0 Å². The van der Waals surface area contributed by atoms with Gasteiger partial charge in [-0.25, -0.2) is 4.98 Å². The monoisotopic (exact) mass is 320 g/mol. The summed E-state index contributed by atoms with van der Waals surface area (Å²) in [4.78, 5) is 32.4. The summed E-state index contributed by atoms with van der Waals surface area (Å²) in [5, 5.41) is 0. The van der Waals surface area contributed by atoms with Gasteiger partial charge in [-0.2, -0.15) is 0 Å². The Kier molecular flexibility index (Phi) is 4.14. The summed E-state index contributed by atoms with van der Waals surface area (Å²) in [7, 11) is 3.53. The quantitative estimate of drug-likeness (QED) is 0.807. The van der Waals surface area contributed by atoms with E-state index in [1.165, 1.54) is 0 Å². The molecule has 3 rings (SSSR count). The lowest BCUT2D eigenvalue weighted by molar-refractivity contribution is -0.128. The third-order valence-corrected chi connectivity index (χ3v) is 5.31. The normalized spacial score (nSPS) is 27.2. The maximum atomic E-state index is 12.7. The summed E-state index contributed by atoms with van der Waals surface area (Å²) in [6, 6.07) is 0. The largest absolute Gasteiger partial charge is 0.384 e. The van der Waals surface area contributed by atoms with Crippen molar-refractivity contribution in [2.75, 3.05) is 39.9 Å². The Bertz CT molecular complexity index is 614. The maximum absolute atomic E-state index is 12.7. The van der Waals surface area contributed by atoms with Gasteiger partial charge in [0.2, 0.25) is 5.91 Å². The molecule has 1 aromatic heterocycles. The van der Waals surface area contributed by atoms with E-state index >= 15 is 0 Å². The number of hydrogen-bond acceptors (Lipinski definition) is 4. The number of aryl methyl sites for hydroxylation is 1. The van der Waals surface area contributed by atoms with Gasteiger partial charge in [0.15, 0.2) is 5.82 Å². The Balaban J connectivity index is 1.78. The number of likely N-dealkylation sites (tertiary alicyclic amines) is 2. The number of carbonyl (C=O) groups is 2. The Morgan fingerprint density at radius 2 is 2.13 bits per heavy atom. The van der Waals surface area contributed by atoms with E-state index in [0.29, 0.717) is 32.1 Å². The highest BCUT2D eigenvalue weighted by Crippen LogP contribution is 2.43. The summed E-state index contributed by atoms with van der Waals surface area (Å²) in [5.41, 5.74) is -0.0289. The van der Waals surface area contributed by atoms with Gasteiger partial charge in [0, 0.05) is 71.0 Å². The zero-order chi connectivity index (χ0) is 16.6. The van der Waals surface area contributed by atoms with E-state index in [1.54, 1.807) is 31.0 Å². The van der Waals surface area contributed by atoms with Crippen LogP contribution < -0.4 is 0 Å². The first-order chi connectivity index (χ1) is 11.0. The summed E-state index contributed by atoms with van der Waals surface area (Å²) < 4.78 is 7.19. The molecule has 0 aliphatic carbocycles. The molecule has 0 radical (unpaired) electrons. The first kappa shape index (κ1) is 16.0. The van der Waals surface area contributed by atoms with Gasteiger partial charge in [0.1, 0.15) is 0 Å². The molecule has 2 amide bonds. The molecule has 7 nitrogen and oxygen atoms in total. The molecule has 2 aliphatic heterocycles. The molecule has 0 unspecified atom stereocenters. The van der Waals surface area contributed by atoms with Crippen molar-refractivity contribution >= 4 is 11.8 Å². The van der Waals surface area contributed by atoms with Gasteiger partial charge in [0.05, 0.1) is 6.61 Å². The summed E-state index contributed by atoms with van der Waals surface area (Å²) in [6.07, 6.45) is 4.27. The predicted molar refractivity (Wildman–Crippen MR) is 83.8 cm³/mol. The van der Waals surface area contributed by atoms with Crippen LogP contribution in [0.15, 0.2) is 12.4 Å². The van der Waals surface area contributed by atoms with Gasteiger partial charge < -0.3 is 19.1 Å². The van der Waals surface area contributed by atoms with Gasteiger partial charge in [-0.3, -0.25) is 9.59 Å². The lowest BCUT2D eigenvalue weighted by Gasteiger charge is -2.42. The fraction of sp³-hybridized carbons (Fsp3) is 0.688. The molecule has 2 fully saturated rings. The highest BCUT2D eigenvalue weighted by Gasteiger charge is 2.51. The predicted octanol–water partition coefficient (Wildman–Crippen LogP) is 0.377. The number of ether oxygens (including phenoxy) is 1. The van der Waals surface area contributed by atoms with Crippen LogP contribution in [0.4, 0.5) is 0 Å². The molecule has 2 saturated heterocycles. The first-order valence-electron chi connectivity index (χ1n) is 7.98.